The van der Waals surface area contributed by atoms with Gasteiger partial charge in [0, 0.05) is 27.1 Å². The van der Waals surface area contributed by atoms with Crippen molar-refractivity contribution < 1.29 is 37.6 Å². The Morgan fingerprint density at radius 3 is 1.10 bits per heavy atom. The van der Waals surface area contributed by atoms with Gasteiger partial charge in [-0.15, -0.1) is 0 Å². The highest BCUT2D eigenvalue weighted by atomic mass is 31.2. The predicted molar refractivity (Wildman–Crippen MR) is 118 cm³/mol. The van der Waals surface area contributed by atoms with Crippen molar-refractivity contribution in [1.29, 1.82) is 0 Å². The molecule has 0 aliphatic rings. The van der Waals surface area contributed by atoms with Crippen molar-refractivity contribution in [3.63, 3.8) is 0 Å². The van der Waals surface area contributed by atoms with Gasteiger partial charge in [-0.25, -0.2) is 0 Å². The fourth-order valence-electron chi connectivity index (χ4n) is 3.23. The van der Waals surface area contributed by atoms with E-state index >= 15 is 0 Å². The molecule has 0 radical (unpaired) electrons. The SMILES string of the molecule is COP(=O)(OC)C(=O)CCCCCCCCCCCCCCCCC(=O)P(=O)(O)O. The lowest BCUT2D eigenvalue weighted by molar-refractivity contribution is -0.114. The Bertz CT molecular complexity index is 565. The number of hydrogen-bond acceptors (Lipinski definition) is 6. The molecule has 0 heterocycles. The van der Waals surface area contributed by atoms with E-state index in [2.05, 4.69) is 9.05 Å². The molecule has 0 bridgehead atoms. The van der Waals surface area contributed by atoms with Crippen LogP contribution in [0.2, 0.25) is 0 Å². The van der Waals surface area contributed by atoms with Crippen LogP contribution in [0.3, 0.4) is 0 Å². The standard InChI is InChI=1S/C20H40O8P2/c1-27-30(26,28-2)20(22)18-16-14-12-10-8-6-4-3-5-7-9-11-13-15-17-19(21)29(23,24)25/h3-18H2,1-2H3,(H2,23,24,25). The van der Waals surface area contributed by atoms with Crippen LogP contribution in [0.1, 0.15) is 103 Å². The van der Waals surface area contributed by atoms with Crippen molar-refractivity contribution in [3.05, 3.63) is 0 Å². The molecule has 0 atom stereocenters. The molecular weight excluding hydrogens is 430 g/mol. The van der Waals surface area contributed by atoms with Crippen molar-refractivity contribution in [2.75, 3.05) is 14.2 Å². The molecule has 30 heavy (non-hydrogen) atoms. The molecule has 10 heteroatoms. The summed E-state index contributed by atoms with van der Waals surface area (Å²) in [5.41, 5.74) is -1.39. The van der Waals surface area contributed by atoms with Gasteiger partial charge in [0.05, 0.1) is 0 Å². The Kier molecular flexibility index (Phi) is 17.0. The largest absolute Gasteiger partial charge is 0.396 e. The van der Waals surface area contributed by atoms with Gasteiger partial charge in [-0.2, -0.15) is 0 Å². The predicted octanol–water partition coefficient (Wildman–Crippen LogP) is 5.94. The van der Waals surface area contributed by atoms with Gasteiger partial charge in [-0.1, -0.05) is 77.0 Å². The Balaban J connectivity index is 3.36. The molecule has 178 valence electrons. The lowest BCUT2D eigenvalue weighted by Crippen LogP contribution is -2.03. The second kappa shape index (κ2) is 17.2. The molecule has 0 aliphatic heterocycles. The van der Waals surface area contributed by atoms with E-state index in [1.807, 2.05) is 0 Å². The number of unbranched alkanes of at least 4 members (excludes halogenated alkanes) is 13. The summed E-state index contributed by atoms with van der Waals surface area (Å²) in [7, 11) is -5.63. The van der Waals surface area contributed by atoms with Crippen LogP contribution in [-0.2, 0) is 27.8 Å². The molecule has 0 saturated carbocycles. The van der Waals surface area contributed by atoms with E-state index < -0.39 is 26.2 Å². The van der Waals surface area contributed by atoms with Crippen LogP contribution in [0.25, 0.3) is 0 Å². The summed E-state index contributed by atoms with van der Waals surface area (Å²) >= 11 is 0. The summed E-state index contributed by atoms with van der Waals surface area (Å²) in [4.78, 5) is 40.3. The smallest absolute Gasteiger partial charge is 0.319 e. The second-order valence-electron chi connectivity index (χ2n) is 7.64. The van der Waals surface area contributed by atoms with Gasteiger partial charge in [-0.3, -0.25) is 18.7 Å². The first-order valence-electron chi connectivity index (χ1n) is 11.0. The summed E-state index contributed by atoms with van der Waals surface area (Å²) in [6, 6.07) is 0. The average molecular weight is 470 g/mol. The van der Waals surface area contributed by atoms with Crippen molar-refractivity contribution in [2.24, 2.45) is 0 Å². The molecule has 0 fully saturated rings. The number of carbonyl (C=O) groups excluding carboxylic acids is 2. The van der Waals surface area contributed by atoms with Gasteiger partial charge < -0.3 is 18.8 Å². The van der Waals surface area contributed by atoms with E-state index in [0.29, 0.717) is 12.8 Å². The second-order valence-corrected chi connectivity index (χ2v) is 11.5. The van der Waals surface area contributed by atoms with Crippen LogP contribution in [0.15, 0.2) is 0 Å². The van der Waals surface area contributed by atoms with Crippen molar-refractivity contribution in [2.45, 2.75) is 103 Å². The van der Waals surface area contributed by atoms with Crippen molar-refractivity contribution >= 4 is 26.2 Å². The lowest BCUT2D eigenvalue weighted by atomic mass is 10.0. The maximum Gasteiger partial charge on any atom is 0.396 e. The van der Waals surface area contributed by atoms with Gasteiger partial charge >= 0.3 is 15.2 Å². The quantitative estimate of drug-likeness (QED) is 0.156. The van der Waals surface area contributed by atoms with Gasteiger partial charge in [0.2, 0.25) is 11.0 Å². The van der Waals surface area contributed by atoms with E-state index in [9.17, 15) is 18.7 Å². The zero-order chi connectivity index (χ0) is 22.9. The third kappa shape index (κ3) is 14.6. The van der Waals surface area contributed by atoms with Crippen LogP contribution < -0.4 is 0 Å². The van der Waals surface area contributed by atoms with E-state index in [1.165, 1.54) is 46.3 Å². The van der Waals surface area contributed by atoms with Crippen LogP contribution >= 0.6 is 15.2 Å². The first-order chi connectivity index (χ1) is 14.2. The molecule has 0 aromatic carbocycles. The minimum Gasteiger partial charge on any atom is -0.319 e. The van der Waals surface area contributed by atoms with Crippen LogP contribution in [0.5, 0.6) is 0 Å². The number of rotatable bonds is 21. The molecule has 0 spiro atoms. The maximum absolute atomic E-state index is 11.9. The summed E-state index contributed by atoms with van der Waals surface area (Å²) in [5, 5.41) is 0. The van der Waals surface area contributed by atoms with Gasteiger partial charge in [-0.05, 0) is 12.8 Å². The average Bonchev–Trinajstić information content (AvgIpc) is 2.71. The molecule has 0 saturated heterocycles. The normalized spacial score (nSPS) is 12.3. The molecule has 0 rings (SSSR count). The first kappa shape index (κ1) is 29.6. The van der Waals surface area contributed by atoms with Crippen LogP contribution in [0.4, 0.5) is 0 Å². The van der Waals surface area contributed by atoms with Gasteiger partial charge in [0.15, 0.2) is 0 Å². The molecule has 0 aromatic rings. The Morgan fingerprint density at radius 2 is 0.833 bits per heavy atom. The van der Waals surface area contributed by atoms with Gasteiger partial charge in [0.1, 0.15) is 0 Å². The topological polar surface area (TPSA) is 127 Å². The maximum atomic E-state index is 11.9. The van der Waals surface area contributed by atoms with Crippen LogP contribution in [-0.4, -0.2) is 35.1 Å². The zero-order valence-electron chi connectivity index (χ0n) is 18.6. The fraction of sp³-hybridized carbons (Fsp3) is 0.900. The first-order valence-corrected chi connectivity index (χ1v) is 14.2. The summed E-state index contributed by atoms with van der Waals surface area (Å²) < 4.78 is 31.9. The summed E-state index contributed by atoms with van der Waals surface area (Å²) in [6.07, 6.45) is 14.8. The summed E-state index contributed by atoms with van der Waals surface area (Å²) in [5.74, 6) is 0. The fourth-order valence-corrected chi connectivity index (χ4v) is 4.67. The molecular formula is C20H40O8P2. The number of hydrogen-bond donors (Lipinski definition) is 2. The number of carbonyl (C=O) groups is 2. The minimum atomic E-state index is -4.53. The minimum absolute atomic E-state index is 0.0261. The summed E-state index contributed by atoms with van der Waals surface area (Å²) in [6.45, 7) is 0. The van der Waals surface area contributed by atoms with E-state index in [4.69, 9.17) is 9.79 Å². The third-order valence-corrected chi connectivity index (χ3v) is 7.81. The van der Waals surface area contributed by atoms with Crippen molar-refractivity contribution in [3.8, 4) is 0 Å². The molecule has 0 unspecified atom stereocenters. The highest BCUT2D eigenvalue weighted by Gasteiger charge is 2.30. The zero-order valence-corrected chi connectivity index (χ0v) is 20.3. The lowest BCUT2D eigenvalue weighted by Gasteiger charge is -2.11. The Morgan fingerprint density at radius 1 is 0.567 bits per heavy atom. The van der Waals surface area contributed by atoms with E-state index in [1.54, 1.807) is 0 Å². The van der Waals surface area contributed by atoms with Crippen LogP contribution in [0, 0.1) is 0 Å². The van der Waals surface area contributed by atoms with Crippen molar-refractivity contribution in [1.82, 2.24) is 0 Å². The molecule has 2 N–H and O–H groups in total. The van der Waals surface area contributed by atoms with E-state index in [0.717, 1.165) is 44.9 Å². The molecule has 0 aliphatic carbocycles. The highest BCUT2D eigenvalue weighted by molar-refractivity contribution is 7.71. The Labute approximate surface area is 181 Å². The highest BCUT2D eigenvalue weighted by Crippen LogP contribution is 2.48. The van der Waals surface area contributed by atoms with E-state index in [-0.39, 0.29) is 12.8 Å². The molecule has 0 amide bonds. The Hall–Kier alpha value is -0.360. The van der Waals surface area contributed by atoms with Gasteiger partial charge in [0.25, 0.3) is 0 Å². The monoisotopic (exact) mass is 470 g/mol. The molecule has 8 nitrogen and oxygen atoms in total. The third-order valence-electron chi connectivity index (χ3n) is 5.14. The molecule has 0 aromatic heterocycles.